The molecule has 2 bridgehead atoms. The van der Waals surface area contributed by atoms with Crippen molar-refractivity contribution < 1.29 is 38.0 Å². The second-order valence-corrected chi connectivity index (χ2v) is 9.82. The van der Waals surface area contributed by atoms with E-state index in [9.17, 15) is 9.59 Å². The molecule has 2 aromatic rings. The highest BCUT2D eigenvalue weighted by atomic mass is 16.5. The van der Waals surface area contributed by atoms with Crippen LogP contribution in [0.3, 0.4) is 0 Å². The molecule has 0 radical (unpaired) electrons. The predicted octanol–water partition coefficient (Wildman–Crippen LogP) is 3.39. The van der Waals surface area contributed by atoms with Crippen molar-refractivity contribution in [1.82, 2.24) is 9.80 Å². The first-order valence-corrected chi connectivity index (χ1v) is 12.6. The highest BCUT2D eigenvalue weighted by molar-refractivity contribution is 5.94. The molecule has 2 aromatic carbocycles. The second kappa shape index (κ2) is 9.68. The number of amides is 1. The number of ether oxygens (including phenoxy) is 6. The van der Waals surface area contributed by atoms with Crippen LogP contribution in [0.25, 0.3) is 6.08 Å². The summed E-state index contributed by atoms with van der Waals surface area (Å²) in [4.78, 5) is 30.7. The van der Waals surface area contributed by atoms with Gasteiger partial charge in [0.05, 0.1) is 54.7 Å². The smallest absolute Gasteiger partial charge is 0.245 e. The summed E-state index contributed by atoms with van der Waals surface area (Å²) in [6.45, 7) is 3.78. The fraction of sp³-hybridized carbons (Fsp3) is 0.448. The van der Waals surface area contributed by atoms with Gasteiger partial charge in [-0.3, -0.25) is 14.6 Å². The lowest BCUT2D eigenvalue weighted by atomic mass is 9.77. The van der Waals surface area contributed by atoms with E-state index in [4.69, 9.17) is 28.4 Å². The zero-order chi connectivity index (χ0) is 28.3. The van der Waals surface area contributed by atoms with Gasteiger partial charge in [0, 0.05) is 45.5 Å². The van der Waals surface area contributed by atoms with Crippen LogP contribution >= 0.6 is 0 Å². The molecule has 0 unspecified atom stereocenters. The molecule has 208 valence electrons. The van der Waals surface area contributed by atoms with E-state index in [1.807, 2.05) is 31.9 Å². The van der Waals surface area contributed by atoms with Crippen LogP contribution in [0.2, 0.25) is 0 Å². The normalized spacial score (nSPS) is 21.3. The summed E-state index contributed by atoms with van der Waals surface area (Å²) < 4.78 is 34.9. The van der Waals surface area contributed by atoms with E-state index in [-0.39, 0.29) is 5.91 Å². The number of nitrogens with zero attached hydrogens (tertiary/aromatic N) is 2. The molecule has 39 heavy (non-hydrogen) atoms. The summed E-state index contributed by atoms with van der Waals surface area (Å²) in [5.74, 6) is 3.00. The zero-order valence-corrected chi connectivity index (χ0v) is 23.8. The maximum absolute atomic E-state index is 14.2. The van der Waals surface area contributed by atoms with Gasteiger partial charge in [-0.15, -0.1) is 0 Å². The van der Waals surface area contributed by atoms with Gasteiger partial charge in [-0.25, -0.2) is 0 Å². The predicted molar refractivity (Wildman–Crippen MR) is 143 cm³/mol. The maximum Gasteiger partial charge on any atom is 0.245 e. The molecule has 0 aliphatic carbocycles. The lowest BCUT2D eigenvalue weighted by molar-refractivity contribution is -0.145. The molecule has 3 aliphatic rings. The van der Waals surface area contributed by atoms with Gasteiger partial charge < -0.3 is 33.2 Å². The van der Waals surface area contributed by atoms with Gasteiger partial charge in [-0.2, -0.15) is 0 Å². The van der Waals surface area contributed by atoms with Crippen LogP contribution in [-0.2, 0) is 16.0 Å². The molecular formula is C29H34N2O8. The first-order valence-electron chi connectivity index (χ1n) is 12.6. The number of aldehydes is 1. The molecule has 3 aliphatic heterocycles. The van der Waals surface area contributed by atoms with E-state index in [1.165, 1.54) is 14.2 Å². The number of carbonyl (C=O) groups excluding carboxylic acids is 2. The standard InChI is InChI=1S/C29H34N2O8/c1-13-23(34-4)15-10-17-22-21-16(24(35-5)14(2)26(37-7)28(21)39-9)11-18(30(22)3)29(33)31(17)19(12-32)20(15)27(38-8)25(13)36-6/h10,12,18-19,22H,11H2,1-9H3/t18-,19-,22-/m1/s1. The van der Waals surface area contributed by atoms with E-state index < -0.39 is 18.1 Å². The molecule has 3 heterocycles. The van der Waals surface area contributed by atoms with Gasteiger partial charge in [-0.1, -0.05) is 0 Å². The minimum atomic E-state index is -0.952. The number of fused-ring (bicyclic) bond motifs is 7. The van der Waals surface area contributed by atoms with Crippen LogP contribution in [0.5, 0.6) is 34.5 Å². The van der Waals surface area contributed by atoms with Gasteiger partial charge in [0.1, 0.15) is 23.8 Å². The number of carbonyl (C=O) groups is 2. The van der Waals surface area contributed by atoms with Crippen molar-refractivity contribution in [2.45, 2.75) is 38.4 Å². The number of likely N-dealkylation sites (N-methyl/N-ethyl adjacent to an activating group) is 1. The van der Waals surface area contributed by atoms with E-state index in [1.54, 1.807) is 33.3 Å². The summed E-state index contributed by atoms with van der Waals surface area (Å²) in [6.07, 6.45) is 3.06. The summed E-state index contributed by atoms with van der Waals surface area (Å²) in [6, 6.07) is -1.93. The van der Waals surface area contributed by atoms with Crippen molar-refractivity contribution in [3.63, 3.8) is 0 Å². The number of methoxy groups -OCH3 is 6. The molecule has 5 rings (SSSR count). The fourth-order valence-electron chi connectivity index (χ4n) is 6.70. The second-order valence-electron chi connectivity index (χ2n) is 9.82. The Kier molecular flexibility index (Phi) is 6.62. The largest absolute Gasteiger partial charge is 0.496 e. The third-order valence-electron chi connectivity index (χ3n) is 8.27. The number of hydrogen-bond acceptors (Lipinski definition) is 9. The molecule has 0 aromatic heterocycles. The molecule has 0 spiro atoms. The Morgan fingerprint density at radius 2 is 1.28 bits per heavy atom. The third-order valence-corrected chi connectivity index (χ3v) is 8.27. The average Bonchev–Trinajstić information content (AvgIpc) is 2.93. The van der Waals surface area contributed by atoms with Crippen LogP contribution in [0.1, 0.15) is 45.5 Å². The van der Waals surface area contributed by atoms with Crippen molar-refractivity contribution in [3.8, 4) is 34.5 Å². The molecule has 1 amide bonds. The average molecular weight is 539 g/mol. The number of hydrogen-bond donors (Lipinski definition) is 0. The Balaban J connectivity index is 1.91. The summed E-state index contributed by atoms with van der Waals surface area (Å²) in [7, 11) is 11.3. The molecular weight excluding hydrogens is 504 g/mol. The van der Waals surface area contributed by atoms with Gasteiger partial charge >= 0.3 is 0 Å². The Morgan fingerprint density at radius 3 is 1.79 bits per heavy atom. The van der Waals surface area contributed by atoms with Crippen molar-refractivity contribution in [2.24, 2.45) is 0 Å². The monoisotopic (exact) mass is 538 g/mol. The molecule has 10 nitrogen and oxygen atoms in total. The summed E-state index contributed by atoms with van der Waals surface area (Å²) >= 11 is 0. The minimum absolute atomic E-state index is 0.191. The number of rotatable bonds is 7. The van der Waals surface area contributed by atoms with Crippen LogP contribution < -0.4 is 28.4 Å². The first kappa shape index (κ1) is 26.7. The van der Waals surface area contributed by atoms with E-state index >= 15 is 0 Å². The Bertz CT molecular complexity index is 1420. The van der Waals surface area contributed by atoms with Crippen molar-refractivity contribution in [2.75, 3.05) is 49.7 Å². The van der Waals surface area contributed by atoms with Crippen LogP contribution in [0, 0.1) is 13.8 Å². The molecule has 1 fully saturated rings. The lowest BCUT2D eigenvalue weighted by Crippen LogP contribution is -2.60. The van der Waals surface area contributed by atoms with Gasteiger partial charge in [0.15, 0.2) is 23.0 Å². The van der Waals surface area contributed by atoms with Crippen LogP contribution in [0.15, 0.2) is 5.70 Å². The Morgan fingerprint density at radius 1 is 0.769 bits per heavy atom. The molecule has 1 saturated heterocycles. The number of benzene rings is 2. The van der Waals surface area contributed by atoms with Gasteiger partial charge in [0.25, 0.3) is 0 Å². The highest BCUT2D eigenvalue weighted by Gasteiger charge is 2.53. The van der Waals surface area contributed by atoms with E-state index in [2.05, 4.69) is 0 Å². The first-order chi connectivity index (χ1) is 18.7. The highest BCUT2D eigenvalue weighted by Crippen LogP contribution is 2.58. The van der Waals surface area contributed by atoms with E-state index in [0.29, 0.717) is 57.7 Å². The summed E-state index contributed by atoms with van der Waals surface area (Å²) in [5, 5.41) is 0. The fourth-order valence-corrected chi connectivity index (χ4v) is 6.70. The molecule has 0 saturated carbocycles. The molecule has 0 N–H and O–H groups in total. The van der Waals surface area contributed by atoms with Crippen molar-refractivity contribution in [1.29, 1.82) is 0 Å². The zero-order valence-electron chi connectivity index (χ0n) is 23.8. The SMILES string of the molecule is COc1c(C)c(OC)c(OC)c2c1C=C1[C@@H]3c4c(c(OC)c(C)c(OC)c4OC)C[C@H](C(=O)N1[C@@H]2C=O)N3C. The Hall–Kier alpha value is -3.92. The van der Waals surface area contributed by atoms with Gasteiger partial charge in [0.2, 0.25) is 5.91 Å². The lowest BCUT2D eigenvalue weighted by Gasteiger charge is -2.53. The van der Waals surface area contributed by atoms with Crippen LogP contribution in [-0.4, -0.2) is 77.7 Å². The van der Waals surface area contributed by atoms with E-state index in [0.717, 1.165) is 28.5 Å². The summed E-state index contributed by atoms with van der Waals surface area (Å²) in [5.41, 5.74) is 5.05. The minimum Gasteiger partial charge on any atom is -0.496 e. The third kappa shape index (κ3) is 3.37. The van der Waals surface area contributed by atoms with Crippen molar-refractivity contribution >= 4 is 18.3 Å². The molecule has 10 heteroatoms. The topological polar surface area (TPSA) is 96.0 Å². The van der Waals surface area contributed by atoms with Crippen LogP contribution in [0.4, 0.5) is 0 Å². The molecule has 3 atom stereocenters. The van der Waals surface area contributed by atoms with Crippen molar-refractivity contribution in [3.05, 3.63) is 39.1 Å². The van der Waals surface area contributed by atoms with Gasteiger partial charge in [-0.05, 0) is 27.0 Å². The quantitative estimate of drug-likeness (QED) is 0.492. The Labute approximate surface area is 228 Å². The maximum atomic E-state index is 14.2. The number of piperazine rings is 1.